The number of unbranched alkanes of at least 4 members (excludes halogenated alkanes) is 1. The van der Waals surface area contributed by atoms with Gasteiger partial charge in [0.1, 0.15) is 0 Å². The van der Waals surface area contributed by atoms with E-state index < -0.39 is 8.32 Å². The van der Waals surface area contributed by atoms with Gasteiger partial charge in [-0.3, -0.25) is 4.99 Å². The SMILES string of the molecule is C=CC(=NC)/C(=C(/Cl)CCCC)C(CCCC1(C)COC1)O[Si](CC)(CC)CC. The zero-order valence-electron chi connectivity index (χ0n) is 19.8. The summed E-state index contributed by atoms with van der Waals surface area (Å²) in [4.78, 5) is 4.52. The highest BCUT2D eigenvalue weighted by molar-refractivity contribution is 6.73. The summed E-state index contributed by atoms with van der Waals surface area (Å²) >= 11 is 6.90. The molecular formula is C24H44ClNO2Si. The van der Waals surface area contributed by atoms with E-state index in [1.807, 2.05) is 13.1 Å². The van der Waals surface area contributed by atoms with Gasteiger partial charge in [-0.25, -0.2) is 0 Å². The molecule has 0 spiro atoms. The van der Waals surface area contributed by atoms with Crippen LogP contribution < -0.4 is 0 Å². The fourth-order valence-corrected chi connectivity index (χ4v) is 7.33. The first-order chi connectivity index (χ1) is 13.8. The van der Waals surface area contributed by atoms with Crippen LogP contribution >= 0.6 is 11.6 Å². The van der Waals surface area contributed by atoms with Crippen LogP contribution in [0.25, 0.3) is 0 Å². The summed E-state index contributed by atoms with van der Waals surface area (Å²) in [7, 11) is 0.0396. The Morgan fingerprint density at radius 1 is 1.21 bits per heavy atom. The number of hydrogen-bond donors (Lipinski definition) is 0. The van der Waals surface area contributed by atoms with E-state index in [-0.39, 0.29) is 6.10 Å². The van der Waals surface area contributed by atoms with Crippen molar-refractivity contribution in [2.75, 3.05) is 20.3 Å². The summed E-state index contributed by atoms with van der Waals surface area (Å²) in [5.41, 5.74) is 2.30. The highest BCUT2D eigenvalue weighted by Crippen LogP contribution is 2.36. The Labute approximate surface area is 186 Å². The van der Waals surface area contributed by atoms with Crippen LogP contribution in [0.5, 0.6) is 0 Å². The average Bonchev–Trinajstić information content (AvgIpc) is 2.72. The van der Waals surface area contributed by atoms with Crippen LogP contribution in [0.15, 0.2) is 28.3 Å². The molecule has 1 aliphatic rings. The Morgan fingerprint density at radius 3 is 2.24 bits per heavy atom. The number of rotatable bonds is 15. The lowest BCUT2D eigenvalue weighted by Gasteiger charge is -2.39. The first kappa shape index (κ1) is 26.6. The Morgan fingerprint density at radius 2 is 1.83 bits per heavy atom. The summed E-state index contributed by atoms with van der Waals surface area (Å²) in [6.45, 7) is 17.1. The molecule has 168 valence electrons. The second kappa shape index (κ2) is 13.1. The zero-order chi connectivity index (χ0) is 21.9. The van der Waals surface area contributed by atoms with Crippen molar-refractivity contribution in [3.63, 3.8) is 0 Å². The van der Waals surface area contributed by atoms with Gasteiger partial charge in [0, 0.05) is 23.1 Å². The fraction of sp³-hybridized carbons (Fsp3) is 0.792. The summed E-state index contributed by atoms with van der Waals surface area (Å²) in [6.07, 6.45) is 8.19. The molecule has 1 saturated heterocycles. The number of ether oxygens (including phenoxy) is 1. The highest BCUT2D eigenvalue weighted by atomic mass is 35.5. The van der Waals surface area contributed by atoms with Gasteiger partial charge in [-0.05, 0) is 56.3 Å². The lowest BCUT2D eigenvalue weighted by atomic mass is 9.82. The molecule has 5 heteroatoms. The number of allylic oxidation sites excluding steroid dienone is 2. The van der Waals surface area contributed by atoms with Gasteiger partial charge >= 0.3 is 0 Å². The minimum atomic E-state index is -1.79. The van der Waals surface area contributed by atoms with E-state index in [0.29, 0.717) is 5.41 Å². The predicted octanol–water partition coefficient (Wildman–Crippen LogP) is 7.52. The van der Waals surface area contributed by atoms with Crippen LogP contribution in [0.3, 0.4) is 0 Å². The molecule has 1 aliphatic heterocycles. The molecule has 1 heterocycles. The van der Waals surface area contributed by atoms with Crippen molar-refractivity contribution in [2.45, 2.75) is 97.4 Å². The molecule has 0 saturated carbocycles. The minimum Gasteiger partial charge on any atom is -0.410 e. The number of nitrogens with zero attached hydrogens (tertiary/aromatic N) is 1. The summed E-state index contributed by atoms with van der Waals surface area (Å²) < 4.78 is 12.5. The molecule has 1 unspecified atom stereocenters. The smallest absolute Gasteiger partial charge is 0.192 e. The molecule has 0 radical (unpaired) electrons. The minimum absolute atomic E-state index is 0.00664. The molecule has 0 bridgehead atoms. The third-order valence-electron chi connectivity index (χ3n) is 6.55. The largest absolute Gasteiger partial charge is 0.410 e. The van der Waals surface area contributed by atoms with Crippen molar-refractivity contribution >= 4 is 25.6 Å². The molecule has 0 aromatic carbocycles. The predicted molar refractivity (Wildman–Crippen MR) is 131 cm³/mol. The molecule has 0 aromatic heterocycles. The molecule has 1 atom stereocenters. The Kier molecular flexibility index (Phi) is 12.0. The summed E-state index contributed by atoms with van der Waals surface area (Å²) in [6, 6.07) is 3.40. The maximum Gasteiger partial charge on any atom is 0.192 e. The average molecular weight is 442 g/mol. The monoisotopic (exact) mass is 441 g/mol. The van der Waals surface area contributed by atoms with Crippen LogP contribution in [0, 0.1) is 5.41 Å². The van der Waals surface area contributed by atoms with E-state index in [1.54, 1.807) is 0 Å². The van der Waals surface area contributed by atoms with E-state index in [2.05, 4.69) is 46.2 Å². The van der Waals surface area contributed by atoms with Crippen molar-refractivity contribution in [2.24, 2.45) is 10.4 Å². The molecule has 29 heavy (non-hydrogen) atoms. The molecule has 1 fully saturated rings. The number of hydrogen-bond acceptors (Lipinski definition) is 3. The van der Waals surface area contributed by atoms with Gasteiger partial charge in [-0.2, -0.15) is 0 Å². The van der Waals surface area contributed by atoms with E-state index in [9.17, 15) is 0 Å². The molecule has 0 aromatic rings. The van der Waals surface area contributed by atoms with Crippen molar-refractivity contribution in [1.82, 2.24) is 0 Å². The van der Waals surface area contributed by atoms with Crippen LogP contribution in [0.2, 0.25) is 18.1 Å². The van der Waals surface area contributed by atoms with Gasteiger partial charge in [-0.1, -0.05) is 59.2 Å². The van der Waals surface area contributed by atoms with E-state index in [1.165, 1.54) is 6.42 Å². The second-order valence-corrected chi connectivity index (χ2v) is 14.0. The molecule has 0 amide bonds. The fourth-order valence-electron chi connectivity index (χ4n) is 4.14. The van der Waals surface area contributed by atoms with Gasteiger partial charge in [-0.15, -0.1) is 0 Å². The second-order valence-electron chi connectivity index (χ2n) is 8.78. The van der Waals surface area contributed by atoms with Crippen molar-refractivity contribution in [3.8, 4) is 0 Å². The normalized spacial score (nSPS) is 18.8. The standard InChI is InChI=1S/C24H44ClNO2Si/c1-8-13-15-20(25)23(21(9-2)26-7)22(28-29(10-3,11-4)12-5)16-14-17-24(6)18-27-19-24/h9,22H,2,8,10-19H2,1,3-7H3/b23-20-,26-21?. The van der Waals surface area contributed by atoms with Crippen LogP contribution in [0.1, 0.15) is 73.1 Å². The first-order valence-electron chi connectivity index (χ1n) is 11.6. The van der Waals surface area contributed by atoms with Gasteiger partial charge in [0.15, 0.2) is 8.32 Å². The molecule has 3 nitrogen and oxygen atoms in total. The van der Waals surface area contributed by atoms with Gasteiger partial charge in [0.2, 0.25) is 0 Å². The van der Waals surface area contributed by atoms with Crippen molar-refractivity contribution in [1.29, 1.82) is 0 Å². The van der Waals surface area contributed by atoms with Gasteiger partial charge < -0.3 is 9.16 Å². The van der Waals surface area contributed by atoms with E-state index >= 15 is 0 Å². The van der Waals surface area contributed by atoms with Crippen LogP contribution in [-0.4, -0.2) is 40.4 Å². The van der Waals surface area contributed by atoms with E-state index in [0.717, 1.165) is 79.8 Å². The van der Waals surface area contributed by atoms with Gasteiger partial charge in [0.05, 0.1) is 25.0 Å². The van der Waals surface area contributed by atoms with Crippen molar-refractivity contribution < 1.29 is 9.16 Å². The van der Waals surface area contributed by atoms with E-state index in [4.69, 9.17) is 20.8 Å². The third kappa shape index (κ3) is 7.65. The topological polar surface area (TPSA) is 30.8 Å². The Balaban J connectivity index is 3.20. The Bertz CT molecular complexity index is 557. The highest BCUT2D eigenvalue weighted by Gasteiger charge is 2.36. The first-order valence-corrected chi connectivity index (χ1v) is 14.5. The van der Waals surface area contributed by atoms with Crippen LogP contribution in [0.4, 0.5) is 0 Å². The number of aliphatic imine (C=N–C) groups is 1. The maximum absolute atomic E-state index is 7.04. The lowest BCUT2D eigenvalue weighted by molar-refractivity contribution is -0.107. The lowest BCUT2D eigenvalue weighted by Crippen LogP contribution is -2.42. The Hall–Kier alpha value is -0.423. The summed E-state index contributed by atoms with van der Waals surface area (Å²) in [5.74, 6) is 0. The molecular weight excluding hydrogens is 398 g/mol. The third-order valence-corrected chi connectivity index (χ3v) is 11.6. The number of halogens is 1. The quantitative estimate of drug-likeness (QED) is 0.194. The molecule has 0 N–H and O–H groups in total. The summed E-state index contributed by atoms with van der Waals surface area (Å²) in [5, 5.41) is 0.904. The van der Waals surface area contributed by atoms with Crippen LogP contribution in [-0.2, 0) is 9.16 Å². The maximum atomic E-state index is 7.04. The zero-order valence-corrected chi connectivity index (χ0v) is 21.5. The van der Waals surface area contributed by atoms with Crippen molar-refractivity contribution in [3.05, 3.63) is 23.3 Å². The van der Waals surface area contributed by atoms with Gasteiger partial charge in [0.25, 0.3) is 0 Å². The molecule has 1 rings (SSSR count). The molecule has 0 aliphatic carbocycles.